The minimum Gasteiger partial charge on any atom is -0.462 e. The third kappa shape index (κ3) is 4.63. The van der Waals surface area contributed by atoms with E-state index in [1.165, 1.54) is 5.56 Å². The van der Waals surface area contributed by atoms with Gasteiger partial charge in [-0.2, -0.15) is 0 Å². The van der Waals surface area contributed by atoms with E-state index in [-0.39, 0.29) is 0 Å². The van der Waals surface area contributed by atoms with Crippen LogP contribution in [0.2, 0.25) is 6.04 Å². The molecule has 0 saturated heterocycles. The van der Waals surface area contributed by atoms with Crippen LogP contribution in [0.15, 0.2) is 18.2 Å². The van der Waals surface area contributed by atoms with Gasteiger partial charge in [-0.1, -0.05) is 19.9 Å². The Bertz CT molecular complexity index is 552. The molecule has 25 heavy (non-hydrogen) atoms. The molecule has 5 nitrogen and oxygen atoms in total. The highest BCUT2D eigenvalue weighted by atomic mass is 28.4. The van der Waals surface area contributed by atoms with Crippen molar-refractivity contribution in [1.29, 1.82) is 0 Å². The van der Waals surface area contributed by atoms with Crippen LogP contribution in [-0.4, -0.2) is 35.9 Å². The third-order valence-corrected chi connectivity index (χ3v) is 8.17. The van der Waals surface area contributed by atoms with E-state index in [1.807, 2.05) is 6.92 Å². The summed E-state index contributed by atoms with van der Waals surface area (Å²) >= 11 is 0. The fraction of sp³-hybridized carbons (Fsp3) is 0.684. The van der Waals surface area contributed by atoms with Crippen molar-refractivity contribution in [3.8, 4) is 5.75 Å². The van der Waals surface area contributed by atoms with E-state index in [0.29, 0.717) is 12.5 Å². The summed E-state index contributed by atoms with van der Waals surface area (Å²) in [6.07, 6.45) is 2.92. The first-order valence-corrected chi connectivity index (χ1v) is 11.0. The van der Waals surface area contributed by atoms with Crippen molar-refractivity contribution in [2.45, 2.75) is 58.5 Å². The normalized spacial score (nSPS) is 21.5. The molecular weight excluding hydrogens is 336 g/mol. The molecule has 0 fully saturated rings. The predicted molar refractivity (Wildman–Crippen MR) is 99.6 cm³/mol. The van der Waals surface area contributed by atoms with E-state index < -0.39 is 14.6 Å². The van der Waals surface area contributed by atoms with Gasteiger partial charge in [0.05, 0.1) is 6.61 Å². The van der Waals surface area contributed by atoms with E-state index in [2.05, 4.69) is 32.0 Å². The van der Waals surface area contributed by atoms with Gasteiger partial charge in [0.1, 0.15) is 5.75 Å². The summed E-state index contributed by atoms with van der Waals surface area (Å²) in [5.74, 6) is 0.742. The fourth-order valence-electron chi connectivity index (χ4n) is 3.15. The van der Waals surface area contributed by atoms with E-state index in [9.17, 15) is 0 Å². The molecule has 142 valence electrons. The van der Waals surface area contributed by atoms with Gasteiger partial charge >= 0.3 is 8.80 Å². The van der Waals surface area contributed by atoms with Crippen molar-refractivity contribution < 1.29 is 22.8 Å². The zero-order valence-corrected chi connectivity index (χ0v) is 17.4. The average molecular weight is 369 g/mol. The van der Waals surface area contributed by atoms with Crippen molar-refractivity contribution in [3.05, 3.63) is 29.3 Å². The van der Waals surface area contributed by atoms with Crippen LogP contribution in [0, 0.1) is 5.92 Å². The van der Waals surface area contributed by atoms with E-state index in [1.54, 1.807) is 21.3 Å². The van der Waals surface area contributed by atoms with Gasteiger partial charge < -0.3 is 22.8 Å². The summed E-state index contributed by atoms with van der Waals surface area (Å²) in [6.45, 7) is 6.95. The second kappa shape index (κ2) is 8.64. The number of rotatable bonds is 9. The largest absolute Gasteiger partial charge is 0.500 e. The molecule has 0 spiro atoms. The molecule has 0 aromatic heterocycles. The molecule has 0 bridgehead atoms. The van der Waals surface area contributed by atoms with Gasteiger partial charge in [-0.25, -0.2) is 0 Å². The molecular formula is C19H32O5Si. The SMILES string of the molecule is CCC(C)C1(C)OCc2cc(CCC[Si](OC)(OC)OC)ccc2O1. The van der Waals surface area contributed by atoms with Crippen LogP contribution in [-0.2, 0) is 31.0 Å². The smallest absolute Gasteiger partial charge is 0.462 e. The minimum absolute atomic E-state index is 0.343. The van der Waals surface area contributed by atoms with Crippen molar-refractivity contribution in [2.75, 3.05) is 21.3 Å². The van der Waals surface area contributed by atoms with Crippen molar-refractivity contribution >= 4 is 8.80 Å². The highest BCUT2D eigenvalue weighted by Crippen LogP contribution is 2.37. The number of hydrogen-bond donors (Lipinski definition) is 0. The van der Waals surface area contributed by atoms with Crippen LogP contribution < -0.4 is 4.74 Å². The summed E-state index contributed by atoms with van der Waals surface area (Å²) in [5, 5.41) is 0. The number of aryl methyl sites for hydroxylation is 1. The maximum Gasteiger partial charge on any atom is 0.500 e. The van der Waals surface area contributed by atoms with Gasteiger partial charge in [-0.05, 0) is 37.0 Å². The van der Waals surface area contributed by atoms with Gasteiger partial charge in [0.25, 0.3) is 0 Å². The van der Waals surface area contributed by atoms with Crippen LogP contribution in [0.5, 0.6) is 5.75 Å². The molecule has 0 N–H and O–H groups in total. The Hall–Kier alpha value is -0.923. The van der Waals surface area contributed by atoms with Crippen LogP contribution in [0.1, 0.15) is 44.7 Å². The third-order valence-electron chi connectivity index (χ3n) is 5.34. The lowest BCUT2D eigenvalue weighted by Crippen LogP contribution is -2.44. The highest BCUT2D eigenvalue weighted by Gasteiger charge is 2.38. The van der Waals surface area contributed by atoms with Crippen LogP contribution in [0.4, 0.5) is 0 Å². The van der Waals surface area contributed by atoms with Gasteiger partial charge in [-0.3, -0.25) is 0 Å². The lowest BCUT2D eigenvalue weighted by Gasteiger charge is -2.39. The molecule has 1 heterocycles. The topological polar surface area (TPSA) is 46.2 Å². The monoisotopic (exact) mass is 368 g/mol. The summed E-state index contributed by atoms with van der Waals surface area (Å²) in [4.78, 5) is 0. The molecule has 6 heteroatoms. The number of hydrogen-bond acceptors (Lipinski definition) is 5. The highest BCUT2D eigenvalue weighted by molar-refractivity contribution is 6.60. The van der Waals surface area contributed by atoms with Crippen LogP contribution in [0.25, 0.3) is 0 Å². The van der Waals surface area contributed by atoms with Gasteiger partial charge in [-0.15, -0.1) is 0 Å². The quantitative estimate of drug-likeness (QED) is 0.612. The van der Waals surface area contributed by atoms with Gasteiger partial charge in [0.2, 0.25) is 5.79 Å². The summed E-state index contributed by atoms with van der Waals surface area (Å²) in [7, 11) is 2.48. The zero-order chi connectivity index (χ0) is 18.5. The van der Waals surface area contributed by atoms with Gasteiger partial charge in [0, 0.05) is 45.8 Å². The molecule has 1 aliphatic rings. The first-order chi connectivity index (χ1) is 11.9. The minimum atomic E-state index is -2.49. The van der Waals surface area contributed by atoms with Crippen LogP contribution in [0.3, 0.4) is 0 Å². The molecule has 1 aromatic carbocycles. The van der Waals surface area contributed by atoms with E-state index >= 15 is 0 Å². The van der Waals surface area contributed by atoms with Crippen molar-refractivity contribution in [1.82, 2.24) is 0 Å². The number of ether oxygens (including phenoxy) is 2. The maximum atomic E-state index is 6.16. The van der Waals surface area contributed by atoms with E-state index in [0.717, 1.165) is 36.6 Å². The number of fused-ring (bicyclic) bond motifs is 1. The van der Waals surface area contributed by atoms with Crippen molar-refractivity contribution in [3.63, 3.8) is 0 Å². The molecule has 0 radical (unpaired) electrons. The first-order valence-electron chi connectivity index (χ1n) is 9.02. The Balaban J connectivity index is 1.99. The zero-order valence-electron chi connectivity index (χ0n) is 16.4. The summed E-state index contributed by atoms with van der Waals surface area (Å²) in [6, 6.07) is 7.19. The Morgan fingerprint density at radius 3 is 2.48 bits per heavy atom. The Kier molecular flexibility index (Phi) is 7.05. The Labute approximate surface area is 152 Å². The molecule has 0 amide bonds. The lowest BCUT2D eigenvalue weighted by atomic mass is 9.97. The van der Waals surface area contributed by atoms with Crippen LogP contribution >= 0.6 is 0 Å². The Morgan fingerprint density at radius 1 is 1.20 bits per heavy atom. The molecule has 1 aromatic rings. The molecule has 1 aliphatic heterocycles. The molecule has 2 unspecified atom stereocenters. The fourth-order valence-corrected chi connectivity index (χ4v) is 4.87. The Morgan fingerprint density at radius 2 is 1.88 bits per heavy atom. The molecule has 2 rings (SSSR count). The molecule has 0 aliphatic carbocycles. The van der Waals surface area contributed by atoms with E-state index in [4.69, 9.17) is 22.8 Å². The van der Waals surface area contributed by atoms with Gasteiger partial charge in [0.15, 0.2) is 0 Å². The molecule has 2 atom stereocenters. The number of benzene rings is 1. The molecule has 0 saturated carbocycles. The summed E-state index contributed by atoms with van der Waals surface area (Å²) < 4.78 is 28.6. The van der Waals surface area contributed by atoms with Crippen molar-refractivity contribution in [2.24, 2.45) is 5.92 Å². The maximum absolute atomic E-state index is 6.16. The summed E-state index contributed by atoms with van der Waals surface area (Å²) in [5.41, 5.74) is 2.39. The average Bonchev–Trinajstić information content (AvgIpc) is 2.65. The lowest BCUT2D eigenvalue weighted by molar-refractivity contribution is -0.223. The first kappa shape index (κ1) is 20.4. The predicted octanol–water partition coefficient (Wildman–Crippen LogP) is 4.17. The standard InChI is InChI=1S/C19H32O5Si/c1-7-15(2)19(3)23-14-17-13-16(10-11-18(17)24-19)9-8-12-25(20-4,21-5)22-6/h10-11,13,15H,7-9,12,14H2,1-6H3. The second-order valence-electron chi connectivity index (χ2n) is 6.81. The second-order valence-corrected chi connectivity index (χ2v) is 9.90.